The van der Waals surface area contributed by atoms with Gasteiger partial charge in [-0.1, -0.05) is 29.0 Å². The molecular formula is C17H16ClN3O5S. The fraction of sp³-hybridized carbons (Fsp3) is 0.294. The van der Waals surface area contributed by atoms with Crippen molar-refractivity contribution in [2.75, 3.05) is 37.7 Å². The molecule has 1 aliphatic heterocycles. The van der Waals surface area contributed by atoms with Crippen molar-refractivity contribution in [2.24, 2.45) is 0 Å². The summed E-state index contributed by atoms with van der Waals surface area (Å²) in [4.78, 5) is 38.1. The van der Waals surface area contributed by atoms with Crippen LogP contribution in [-0.4, -0.2) is 54.5 Å². The number of halogens is 1. The third kappa shape index (κ3) is 4.75. The van der Waals surface area contributed by atoms with E-state index < -0.39 is 10.9 Å². The molecule has 1 fully saturated rings. The smallest absolute Gasteiger partial charge is 0.349 e. The number of nitrogens with zero attached hydrogens (tertiary/aromatic N) is 3. The molecule has 2 aromatic rings. The first kappa shape index (κ1) is 19.1. The number of piperazine rings is 1. The molecule has 1 amide bonds. The van der Waals surface area contributed by atoms with Crippen LogP contribution in [0.4, 0.5) is 10.7 Å². The van der Waals surface area contributed by atoms with Gasteiger partial charge >= 0.3 is 11.0 Å². The van der Waals surface area contributed by atoms with Crippen LogP contribution in [0.3, 0.4) is 0 Å². The monoisotopic (exact) mass is 409 g/mol. The zero-order valence-corrected chi connectivity index (χ0v) is 15.7. The maximum Gasteiger partial charge on any atom is 0.349 e. The summed E-state index contributed by atoms with van der Waals surface area (Å²) in [7, 11) is 0. The normalized spacial score (nSPS) is 14.1. The lowest BCUT2D eigenvalue weighted by molar-refractivity contribution is -0.380. The van der Waals surface area contributed by atoms with Crippen LogP contribution in [-0.2, 0) is 9.53 Å². The summed E-state index contributed by atoms with van der Waals surface area (Å²) in [5.74, 6) is -1.03. The number of hydrogen-bond acceptors (Lipinski definition) is 7. The van der Waals surface area contributed by atoms with Gasteiger partial charge in [0.15, 0.2) is 6.61 Å². The molecule has 0 N–H and O–H groups in total. The van der Waals surface area contributed by atoms with Crippen LogP contribution < -0.4 is 4.90 Å². The SMILES string of the molecule is O=C(OCC(=O)N1CCN(c2cccc(Cl)c2)CC1)c1ccc([N+](=O)[O-])s1. The Labute approximate surface area is 164 Å². The molecule has 1 aromatic heterocycles. The number of esters is 1. The summed E-state index contributed by atoms with van der Waals surface area (Å²) in [6.07, 6.45) is 0. The first-order chi connectivity index (χ1) is 12.9. The molecule has 0 aliphatic carbocycles. The van der Waals surface area contributed by atoms with Crippen molar-refractivity contribution in [3.05, 3.63) is 56.4 Å². The quantitative estimate of drug-likeness (QED) is 0.428. The lowest BCUT2D eigenvalue weighted by atomic mass is 10.2. The van der Waals surface area contributed by atoms with Gasteiger partial charge in [0.25, 0.3) is 5.91 Å². The summed E-state index contributed by atoms with van der Waals surface area (Å²) < 4.78 is 4.99. The van der Waals surface area contributed by atoms with Crippen molar-refractivity contribution in [3.8, 4) is 0 Å². The molecule has 8 nitrogen and oxygen atoms in total. The standard InChI is InChI=1S/C17H16ClN3O5S/c18-12-2-1-3-13(10-12)19-6-8-20(9-7-19)15(22)11-26-17(23)14-4-5-16(27-14)21(24)25/h1-5,10H,6-9,11H2. The second-order valence-electron chi connectivity index (χ2n) is 5.82. The molecule has 10 heteroatoms. The van der Waals surface area contributed by atoms with E-state index in [0.29, 0.717) is 31.2 Å². The molecule has 3 rings (SSSR count). The number of benzene rings is 1. The molecule has 2 heterocycles. The van der Waals surface area contributed by atoms with Crippen LogP contribution in [0.2, 0.25) is 5.02 Å². The van der Waals surface area contributed by atoms with Gasteiger partial charge in [0.2, 0.25) is 0 Å². The van der Waals surface area contributed by atoms with Crippen LogP contribution in [0.5, 0.6) is 0 Å². The molecule has 0 atom stereocenters. The van der Waals surface area contributed by atoms with E-state index in [1.54, 1.807) is 11.0 Å². The molecule has 0 radical (unpaired) electrons. The zero-order valence-electron chi connectivity index (χ0n) is 14.2. The molecule has 1 aliphatic rings. The number of amides is 1. The molecular weight excluding hydrogens is 394 g/mol. The van der Waals surface area contributed by atoms with Crippen molar-refractivity contribution in [2.45, 2.75) is 0 Å². The minimum atomic E-state index is -0.737. The minimum Gasteiger partial charge on any atom is -0.451 e. The Hall–Kier alpha value is -2.65. The van der Waals surface area contributed by atoms with E-state index in [4.69, 9.17) is 16.3 Å². The first-order valence-electron chi connectivity index (χ1n) is 8.13. The third-order valence-corrected chi connectivity index (χ3v) is 5.36. The Bertz CT molecular complexity index is 864. The summed E-state index contributed by atoms with van der Waals surface area (Å²) >= 11 is 6.73. The van der Waals surface area contributed by atoms with Crippen molar-refractivity contribution in [3.63, 3.8) is 0 Å². The van der Waals surface area contributed by atoms with E-state index in [1.807, 2.05) is 18.2 Å². The molecule has 1 aromatic carbocycles. The number of carbonyl (C=O) groups is 2. The van der Waals surface area contributed by atoms with Gasteiger partial charge in [-0.25, -0.2) is 4.79 Å². The van der Waals surface area contributed by atoms with E-state index in [2.05, 4.69) is 4.90 Å². The van der Waals surface area contributed by atoms with Gasteiger partial charge in [0.05, 0.1) is 4.92 Å². The van der Waals surface area contributed by atoms with Crippen LogP contribution in [0.15, 0.2) is 36.4 Å². The van der Waals surface area contributed by atoms with Crippen LogP contribution in [0.25, 0.3) is 0 Å². The number of hydrogen-bond donors (Lipinski definition) is 0. The third-order valence-electron chi connectivity index (χ3n) is 4.11. The second kappa shape index (κ2) is 8.36. The first-order valence-corrected chi connectivity index (χ1v) is 9.33. The summed E-state index contributed by atoms with van der Waals surface area (Å²) in [6.45, 7) is 1.93. The van der Waals surface area contributed by atoms with Gasteiger partial charge in [-0.05, 0) is 24.3 Å². The second-order valence-corrected chi connectivity index (χ2v) is 7.32. The minimum absolute atomic E-state index is 0.0975. The summed E-state index contributed by atoms with van der Waals surface area (Å²) in [5, 5.41) is 11.2. The Morgan fingerprint density at radius 3 is 2.56 bits per heavy atom. The van der Waals surface area contributed by atoms with Gasteiger partial charge in [-0.15, -0.1) is 0 Å². The van der Waals surface area contributed by atoms with Crippen LogP contribution >= 0.6 is 22.9 Å². The summed E-state index contributed by atoms with van der Waals surface area (Å²) in [6, 6.07) is 10.1. The highest BCUT2D eigenvalue weighted by atomic mass is 35.5. The molecule has 0 unspecified atom stereocenters. The van der Waals surface area contributed by atoms with Crippen LogP contribution in [0, 0.1) is 10.1 Å². The Morgan fingerprint density at radius 2 is 1.93 bits per heavy atom. The lowest BCUT2D eigenvalue weighted by Gasteiger charge is -2.36. The zero-order chi connectivity index (χ0) is 19.4. The van der Waals surface area contributed by atoms with Gasteiger partial charge in [-0.3, -0.25) is 14.9 Å². The summed E-state index contributed by atoms with van der Waals surface area (Å²) in [5.41, 5.74) is 1.00. The molecule has 27 heavy (non-hydrogen) atoms. The highest BCUT2D eigenvalue weighted by Crippen LogP contribution is 2.24. The van der Waals surface area contributed by atoms with E-state index >= 15 is 0 Å². The fourth-order valence-corrected chi connectivity index (χ4v) is 3.61. The Morgan fingerprint density at radius 1 is 1.19 bits per heavy atom. The van der Waals surface area contributed by atoms with Crippen molar-refractivity contribution >= 4 is 45.5 Å². The molecule has 0 bridgehead atoms. The maximum atomic E-state index is 12.2. The Balaban J connectivity index is 1.48. The predicted molar refractivity (Wildman–Crippen MR) is 102 cm³/mol. The topological polar surface area (TPSA) is 93.0 Å². The van der Waals surface area contributed by atoms with E-state index in [9.17, 15) is 19.7 Å². The van der Waals surface area contributed by atoms with Gasteiger partial charge in [0, 0.05) is 43.0 Å². The average molecular weight is 410 g/mol. The molecule has 142 valence electrons. The highest BCUT2D eigenvalue weighted by Gasteiger charge is 2.23. The number of carbonyl (C=O) groups excluding carboxylic acids is 2. The van der Waals surface area contributed by atoms with E-state index in [1.165, 1.54) is 12.1 Å². The number of ether oxygens (including phenoxy) is 1. The van der Waals surface area contributed by atoms with E-state index in [-0.39, 0.29) is 22.4 Å². The highest BCUT2D eigenvalue weighted by molar-refractivity contribution is 7.17. The number of anilines is 1. The van der Waals surface area contributed by atoms with Crippen molar-refractivity contribution in [1.29, 1.82) is 0 Å². The van der Waals surface area contributed by atoms with Gasteiger partial charge in [0.1, 0.15) is 4.88 Å². The maximum absolute atomic E-state index is 12.2. The number of rotatable bonds is 5. The Kier molecular flexibility index (Phi) is 5.92. The number of thiophene rings is 1. The van der Waals surface area contributed by atoms with Gasteiger partial charge in [-0.2, -0.15) is 0 Å². The number of nitro groups is 1. The van der Waals surface area contributed by atoms with Gasteiger partial charge < -0.3 is 14.5 Å². The van der Waals surface area contributed by atoms with E-state index in [0.717, 1.165) is 17.0 Å². The van der Waals surface area contributed by atoms with Crippen LogP contribution in [0.1, 0.15) is 9.67 Å². The molecule has 1 saturated heterocycles. The van der Waals surface area contributed by atoms with Crippen molar-refractivity contribution < 1.29 is 19.2 Å². The molecule has 0 spiro atoms. The largest absolute Gasteiger partial charge is 0.451 e. The predicted octanol–water partition coefficient (Wildman–Crippen LogP) is 2.82. The average Bonchev–Trinajstić information content (AvgIpc) is 3.17. The molecule has 0 saturated carbocycles. The van der Waals surface area contributed by atoms with Crippen molar-refractivity contribution in [1.82, 2.24) is 4.90 Å². The fourth-order valence-electron chi connectivity index (χ4n) is 2.71. The lowest BCUT2D eigenvalue weighted by Crippen LogP contribution is -2.49.